The number of aromatic hydroxyl groups is 1. The van der Waals surface area contributed by atoms with Crippen molar-refractivity contribution in [2.24, 2.45) is 5.10 Å². The van der Waals surface area contributed by atoms with E-state index in [1.54, 1.807) is 29.9 Å². The number of hydrogen-bond donors (Lipinski definition) is 2. The molecule has 6 heteroatoms. The van der Waals surface area contributed by atoms with Crippen molar-refractivity contribution < 1.29 is 5.11 Å². The molecule has 0 amide bonds. The van der Waals surface area contributed by atoms with Gasteiger partial charge in [0.05, 0.1) is 11.6 Å². The molecule has 0 aliphatic heterocycles. The fraction of sp³-hybridized carbons (Fsp3) is 0.190. The Labute approximate surface area is 160 Å². The lowest BCUT2D eigenvalue weighted by Gasteiger charge is -2.11. The van der Waals surface area contributed by atoms with Crippen LogP contribution < -0.4 is 5.43 Å². The fourth-order valence-corrected chi connectivity index (χ4v) is 4.98. The van der Waals surface area contributed by atoms with Crippen molar-refractivity contribution in [3.63, 3.8) is 0 Å². The van der Waals surface area contributed by atoms with Crippen molar-refractivity contribution in [1.82, 2.24) is 9.97 Å². The Morgan fingerprint density at radius 2 is 1.96 bits per heavy atom. The van der Waals surface area contributed by atoms with Gasteiger partial charge in [0.2, 0.25) is 0 Å². The maximum absolute atomic E-state index is 10.3. The first kappa shape index (κ1) is 16.2. The average Bonchev–Trinajstić information content (AvgIpc) is 3.09. The molecule has 0 saturated heterocycles. The molecule has 4 aromatic rings. The summed E-state index contributed by atoms with van der Waals surface area (Å²) in [6.45, 7) is 0. The van der Waals surface area contributed by atoms with Crippen molar-refractivity contribution in [2.75, 3.05) is 5.43 Å². The molecule has 0 saturated carbocycles. The van der Waals surface area contributed by atoms with Gasteiger partial charge in [0.1, 0.15) is 16.9 Å². The van der Waals surface area contributed by atoms with Gasteiger partial charge in [-0.3, -0.25) is 5.43 Å². The topological polar surface area (TPSA) is 70.4 Å². The number of thiophene rings is 1. The second-order valence-corrected chi connectivity index (χ2v) is 7.79. The molecular weight excluding hydrogens is 356 g/mol. The molecule has 27 heavy (non-hydrogen) atoms. The van der Waals surface area contributed by atoms with Gasteiger partial charge in [0.15, 0.2) is 5.82 Å². The van der Waals surface area contributed by atoms with E-state index >= 15 is 0 Å². The van der Waals surface area contributed by atoms with Crippen LogP contribution in [0.3, 0.4) is 0 Å². The molecule has 1 aliphatic rings. The van der Waals surface area contributed by atoms with Crippen LogP contribution in [0, 0.1) is 0 Å². The average molecular weight is 374 g/mol. The minimum Gasteiger partial charge on any atom is -0.507 e. The summed E-state index contributed by atoms with van der Waals surface area (Å²) in [5.41, 5.74) is 5.14. The van der Waals surface area contributed by atoms with E-state index < -0.39 is 0 Å². The molecule has 0 fully saturated rings. The monoisotopic (exact) mass is 374 g/mol. The van der Waals surface area contributed by atoms with E-state index in [0.717, 1.165) is 39.6 Å². The zero-order chi connectivity index (χ0) is 18.2. The highest BCUT2D eigenvalue weighted by Gasteiger charge is 2.19. The van der Waals surface area contributed by atoms with E-state index in [-0.39, 0.29) is 5.75 Å². The first-order valence-corrected chi connectivity index (χ1v) is 9.88. The molecule has 0 bridgehead atoms. The van der Waals surface area contributed by atoms with Gasteiger partial charge in [-0.25, -0.2) is 9.97 Å². The van der Waals surface area contributed by atoms with E-state index in [4.69, 9.17) is 0 Å². The van der Waals surface area contributed by atoms with Gasteiger partial charge in [0, 0.05) is 10.4 Å². The highest BCUT2D eigenvalue weighted by atomic mass is 32.1. The zero-order valence-electron chi connectivity index (χ0n) is 14.6. The lowest BCUT2D eigenvalue weighted by Crippen LogP contribution is -2.01. The quantitative estimate of drug-likeness (QED) is 0.396. The SMILES string of the molecule is Oc1ccc2ccccc2c1C=NNc1ncnc2sc3c(c12)CCCC3. The minimum absolute atomic E-state index is 0.208. The molecular formula is C21H18N4OS. The lowest BCUT2D eigenvalue weighted by atomic mass is 9.97. The van der Waals surface area contributed by atoms with E-state index in [2.05, 4.69) is 20.5 Å². The maximum atomic E-state index is 10.3. The third kappa shape index (κ3) is 2.82. The van der Waals surface area contributed by atoms with Crippen LogP contribution in [0.4, 0.5) is 5.82 Å². The molecule has 0 radical (unpaired) electrons. The Morgan fingerprint density at radius 1 is 1.07 bits per heavy atom. The third-order valence-corrected chi connectivity index (χ3v) is 6.26. The third-order valence-electron chi connectivity index (χ3n) is 5.06. The highest BCUT2D eigenvalue weighted by Crippen LogP contribution is 2.38. The lowest BCUT2D eigenvalue weighted by molar-refractivity contribution is 0.475. The molecule has 2 N–H and O–H groups in total. The van der Waals surface area contributed by atoms with Crippen LogP contribution in [-0.4, -0.2) is 21.3 Å². The van der Waals surface area contributed by atoms with Crippen molar-refractivity contribution in [2.45, 2.75) is 25.7 Å². The van der Waals surface area contributed by atoms with E-state index in [1.165, 1.54) is 23.3 Å². The van der Waals surface area contributed by atoms with Crippen LogP contribution >= 0.6 is 11.3 Å². The standard InChI is InChI=1S/C21H18N4OS/c26-17-10-9-13-5-1-2-6-14(13)16(17)11-24-25-20-19-15-7-3-4-8-18(15)27-21(19)23-12-22-20/h1-2,5-6,9-12,26H,3-4,7-8H2,(H,22,23,25). The molecule has 2 heterocycles. The van der Waals surface area contributed by atoms with Crippen LogP contribution in [-0.2, 0) is 12.8 Å². The van der Waals surface area contributed by atoms with E-state index in [1.807, 2.05) is 30.3 Å². The number of nitrogens with one attached hydrogen (secondary N) is 1. The zero-order valence-corrected chi connectivity index (χ0v) is 15.5. The van der Waals surface area contributed by atoms with Crippen LogP contribution in [0.2, 0.25) is 0 Å². The number of phenols is 1. The summed E-state index contributed by atoms with van der Waals surface area (Å²) in [4.78, 5) is 11.3. The number of anilines is 1. The van der Waals surface area contributed by atoms with Crippen molar-refractivity contribution in [1.29, 1.82) is 0 Å². The summed E-state index contributed by atoms with van der Waals surface area (Å²) in [5, 5.41) is 17.8. The first-order chi connectivity index (χ1) is 13.3. The first-order valence-electron chi connectivity index (χ1n) is 9.06. The molecule has 2 aromatic carbocycles. The fourth-order valence-electron chi connectivity index (χ4n) is 3.75. The number of benzene rings is 2. The van der Waals surface area contributed by atoms with Gasteiger partial charge >= 0.3 is 0 Å². The van der Waals surface area contributed by atoms with E-state index in [0.29, 0.717) is 5.56 Å². The molecule has 134 valence electrons. The predicted octanol–water partition coefficient (Wildman–Crippen LogP) is 4.87. The van der Waals surface area contributed by atoms with Gasteiger partial charge in [0.25, 0.3) is 0 Å². The molecule has 2 aromatic heterocycles. The van der Waals surface area contributed by atoms with Crippen LogP contribution in [0.15, 0.2) is 47.8 Å². The van der Waals surface area contributed by atoms with Crippen LogP contribution in [0.1, 0.15) is 28.8 Å². The predicted molar refractivity (Wildman–Crippen MR) is 111 cm³/mol. The number of aromatic nitrogens is 2. The molecule has 5 nitrogen and oxygen atoms in total. The molecule has 0 spiro atoms. The van der Waals surface area contributed by atoms with Gasteiger partial charge in [-0.05, 0) is 48.1 Å². The Morgan fingerprint density at radius 3 is 2.93 bits per heavy atom. The van der Waals surface area contributed by atoms with Crippen molar-refractivity contribution >= 4 is 44.4 Å². The summed E-state index contributed by atoms with van der Waals surface area (Å²) in [5.74, 6) is 0.940. The summed E-state index contributed by atoms with van der Waals surface area (Å²) in [7, 11) is 0. The largest absolute Gasteiger partial charge is 0.507 e. The molecule has 0 atom stereocenters. The van der Waals surface area contributed by atoms with Crippen molar-refractivity contribution in [3.8, 4) is 5.75 Å². The minimum atomic E-state index is 0.208. The number of nitrogens with zero attached hydrogens (tertiary/aromatic N) is 3. The maximum Gasteiger partial charge on any atom is 0.158 e. The number of hydrazone groups is 1. The summed E-state index contributed by atoms with van der Waals surface area (Å²) in [6, 6.07) is 11.5. The van der Waals surface area contributed by atoms with Gasteiger partial charge in [-0.2, -0.15) is 5.10 Å². The number of hydrogen-bond acceptors (Lipinski definition) is 6. The van der Waals surface area contributed by atoms with Crippen molar-refractivity contribution in [3.05, 3.63) is 58.7 Å². The van der Waals surface area contributed by atoms with Gasteiger partial charge < -0.3 is 5.11 Å². The van der Waals surface area contributed by atoms with Gasteiger partial charge in [-0.15, -0.1) is 11.3 Å². The normalized spacial score (nSPS) is 14.1. The number of fused-ring (bicyclic) bond motifs is 4. The summed E-state index contributed by atoms with van der Waals surface area (Å²) < 4.78 is 0. The van der Waals surface area contributed by atoms with E-state index in [9.17, 15) is 5.11 Å². The number of aryl methyl sites for hydroxylation is 2. The summed E-state index contributed by atoms with van der Waals surface area (Å²) in [6.07, 6.45) is 7.89. The Balaban J connectivity index is 1.52. The highest BCUT2D eigenvalue weighted by molar-refractivity contribution is 7.19. The number of phenolic OH excluding ortho intramolecular Hbond substituents is 1. The van der Waals surface area contributed by atoms with Gasteiger partial charge in [-0.1, -0.05) is 30.3 Å². The van der Waals surface area contributed by atoms with Crippen LogP contribution in [0.25, 0.3) is 21.0 Å². The molecule has 0 unspecified atom stereocenters. The van der Waals surface area contributed by atoms with Crippen LogP contribution in [0.5, 0.6) is 5.75 Å². The molecule has 1 aliphatic carbocycles. The second-order valence-electron chi connectivity index (χ2n) is 6.70. The Hall–Kier alpha value is -2.99. The summed E-state index contributed by atoms with van der Waals surface area (Å²) >= 11 is 1.77. The Kier molecular flexibility index (Phi) is 3.98. The number of rotatable bonds is 3. The molecule has 5 rings (SSSR count). The smallest absolute Gasteiger partial charge is 0.158 e. The Bertz CT molecular complexity index is 1180. The second kappa shape index (κ2) is 6.63.